The monoisotopic (exact) mass is 393 g/mol. The zero-order valence-electron chi connectivity index (χ0n) is 9.65. The second-order valence-corrected chi connectivity index (χ2v) is 7.04. The average molecular weight is 393 g/mol. The Morgan fingerprint density at radius 3 is 2.58 bits per heavy atom. The van der Waals surface area contributed by atoms with Gasteiger partial charge in [0.1, 0.15) is 5.69 Å². The van der Waals surface area contributed by atoms with Crippen LogP contribution in [0.15, 0.2) is 35.5 Å². The maximum atomic E-state index is 11.4. The third-order valence-corrected chi connectivity index (χ3v) is 4.04. The number of halogens is 1. The molecule has 0 saturated carbocycles. The summed E-state index contributed by atoms with van der Waals surface area (Å²) in [6.45, 7) is 0. The number of rotatable bonds is 3. The lowest BCUT2D eigenvalue weighted by molar-refractivity contribution is -0.384. The number of sulfone groups is 1. The van der Waals surface area contributed by atoms with E-state index in [0.29, 0.717) is 0 Å². The van der Waals surface area contributed by atoms with Crippen molar-refractivity contribution in [1.29, 1.82) is 0 Å². The van der Waals surface area contributed by atoms with Crippen molar-refractivity contribution in [2.24, 2.45) is 0 Å². The second kappa shape index (κ2) is 4.89. The van der Waals surface area contributed by atoms with Crippen LogP contribution in [0.2, 0.25) is 0 Å². The van der Waals surface area contributed by atoms with E-state index in [4.69, 9.17) is 0 Å². The molecular weight excluding hydrogens is 385 g/mol. The van der Waals surface area contributed by atoms with Crippen LogP contribution in [-0.2, 0) is 9.84 Å². The minimum absolute atomic E-state index is 0.0928. The van der Waals surface area contributed by atoms with Gasteiger partial charge in [-0.15, -0.1) is 0 Å². The molecule has 7 nitrogen and oxygen atoms in total. The van der Waals surface area contributed by atoms with E-state index in [9.17, 15) is 18.5 Å². The van der Waals surface area contributed by atoms with E-state index in [1.54, 1.807) is 12.4 Å². The Morgan fingerprint density at radius 1 is 1.42 bits per heavy atom. The largest absolute Gasteiger partial charge is 0.296 e. The Kier molecular flexibility index (Phi) is 3.58. The molecule has 9 heteroatoms. The normalized spacial score (nSPS) is 11.5. The molecule has 0 aliphatic carbocycles. The number of nitro groups is 1. The fourth-order valence-corrected chi connectivity index (χ4v) is 2.54. The zero-order chi connectivity index (χ0) is 14.2. The quantitative estimate of drug-likeness (QED) is 0.450. The summed E-state index contributed by atoms with van der Waals surface area (Å²) >= 11 is 2.03. The molecule has 0 bridgehead atoms. The van der Waals surface area contributed by atoms with Crippen LogP contribution in [0, 0.1) is 13.7 Å². The first-order chi connectivity index (χ1) is 8.79. The Hall–Kier alpha value is -1.49. The van der Waals surface area contributed by atoms with Crippen molar-refractivity contribution in [2.45, 2.75) is 4.90 Å². The molecule has 0 radical (unpaired) electrons. The highest BCUT2D eigenvalue weighted by atomic mass is 127. The van der Waals surface area contributed by atoms with Crippen LogP contribution in [0.4, 0.5) is 5.69 Å². The molecule has 2 aromatic rings. The van der Waals surface area contributed by atoms with Gasteiger partial charge < -0.3 is 0 Å². The number of aromatic nitrogens is 2. The summed E-state index contributed by atoms with van der Waals surface area (Å²) in [5.41, 5.74) is -0.0808. The van der Waals surface area contributed by atoms with E-state index in [1.165, 1.54) is 16.8 Å². The molecule has 0 spiro atoms. The molecule has 0 atom stereocenters. The maximum absolute atomic E-state index is 11.4. The van der Waals surface area contributed by atoms with E-state index in [1.807, 2.05) is 22.6 Å². The van der Waals surface area contributed by atoms with Crippen molar-refractivity contribution in [1.82, 2.24) is 9.78 Å². The molecule has 1 heterocycles. The van der Waals surface area contributed by atoms with Crippen LogP contribution < -0.4 is 0 Å². The zero-order valence-corrected chi connectivity index (χ0v) is 12.6. The minimum atomic E-state index is -3.49. The first-order valence-corrected chi connectivity index (χ1v) is 7.95. The van der Waals surface area contributed by atoms with Crippen molar-refractivity contribution in [3.8, 4) is 5.69 Å². The van der Waals surface area contributed by atoms with Crippen LogP contribution in [0.1, 0.15) is 0 Å². The van der Waals surface area contributed by atoms with E-state index in [0.717, 1.165) is 15.9 Å². The van der Waals surface area contributed by atoms with Crippen LogP contribution in [0.3, 0.4) is 0 Å². The van der Waals surface area contributed by atoms with Gasteiger partial charge in [0.25, 0.3) is 5.69 Å². The van der Waals surface area contributed by atoms with Gasteiger partial charge in [-0.3, -0.25) is 10.1 Å². The van der Waals surface area contributed by atoms with Crippen molar-refractivity contribution in [2.75, 3.05) is 6.26 Å². The molecule has 0 aliphatic heterocycles. The number of nitrogens with zero attached hydrogens (tertiary/aromatic N) is 3. The van der Waals surface area contributed by atoms with Gasteiger partial charge in [0.15, 0.2) is 9.84 Å². The molecule has 100 valence electrons. The van der Waals surface area contributed by atoms with E-state index in [-0.39, 0.29) is 16.3 Å². The van der Waals surface area contributed by atoms with Gasteiger partial charge in [-0.25, -0.2) is 13.1 Å². The van der Waals surface area contributed by atoms with Gasteiger partial charge >= 0.3 is 0 Å². The fourth-order valence-electron chi connectivity index (χ4n) is 1.51. The number of hydrogen-bond acceptors (Lipinski definition) is 5. The topological polar surface area (TPSA) is 95.1 Å². The fraction of sp³-hybridized carbons (Fsp3) is 0.100. The summed E-state index contributed by atoms with van der Waals surface area (Å²) in [5.74, 6) is 0. The summed E-state index contributed by atoms with van der Waals surface area (Å²) in [7, 11) is -3.49. The SMILES string of the molecule is CS(=O)(=O)c1ccc(-n2cc(I)cn2)c([N+](=O)[O-])c1. The van der Waals surface area contributed by atoms with E-state index < -0.39 is 14.8 Å². The third-order valence-electron chi connectivity index (χ3n) is 2.37. The first kappa shape index (κ1) is 13.9. The molecule has 19 heavy (non-hydrogen) atoms. The standard InChI is InChI=1S/C10H8IN3O4S/c1-19(17,18)8-2-3-9(10(4-8)14(15)16)13-6-7(11)5-12-13/h2-6H,1H3. The molecule has 0 unspecified atom stereocenters. The van der Waals surface area contributed by atoms with Crippen LogP contribution in [-0.4, -0.2) is 29.4 Å². The van der Waals surface area contributed by atoms with Crippen LogP contribution in [0.25, 0.3) is 5.69 Å². The van der Waals surface area contributed by atoms with Crippen molar-refractivity contribution >= 4 is 38.1 Å². The molecule has 0 aliphatic rings. The van der Waals surface area contributed by atoms with Crippen molar-refractivity contribution < 1.29 is 13.3 Å². The van der Waals surface area contributed by atoms with E-state index >= 15 is 0 Å². The predicted molar refractivity (Wildman–Crippen MR) is 76.0 cm³/mol. The number of hydrogen-bond donors (Lipinski definition) is 0. The van der Waals surface area contributed by atoms with Crippen molar-refractivity contribution in [3.05, 3.63) is 44.3 Å². The number of nitro benzene ring substituents is 1. The molecule has 0 amide bonds. The highest BCUT2D eigenvalue weighted by Crippen LogP contribution is 2.26. The molecule has 0 saturated heterocycles. The van der Waals surface area contributed by atoms with Gasteiger partial charge in [0.05, 0.1) is 19.6 Å². The van der Waals surface area contributed by atoms with Crippen LogP contribution in [0.5, 0.6) is 0 Å². The average Bonchev–Trinajstić information content (AvgIpc) is 2.73. The lowest BCUT2D eigenvalue weighted by Gasteiger charge is -2.04. The minimum Gasteiger partial charge on any atom is -0.258 e. The summed E-state index contributed by atoms with van der Waals surface area (Å²) in [4.78, 5) is 10.3. The smallest absolute Gasteiger partial charge is 0.258 e. The first-order valence-electron chi connectivity index (χ1n) is 4.98. The maximum Gasteiger partial charge on any atom is 0.296 e. The Labute approximate surface area is 122 Å². The van der Waals surface area contributed by atoms with Gasteiger partial charge in [-0.1, -0.05) is 0 Å². The molecule has 1 aromatic heterocycles. The van der Waals surface area contributed by atoms with Gasteiger partial charge in [0.2, 0.25) is 0 Å². The van der Waals surface area contributed by atoms with Gasteiger partial charge in [-0.05, 0) is 34.7 Å². The summed E-state index contributed by atoms with van der Waals surface area (Å²) in [5, 5.41) is 15.0. The Bertz CT molecular complexity index is 754. The molecule has 1 aromatic carbocycles. The summed E-state index contributed by atoms with van der Waals surface area (Å²) in [6.07, 6.45) is 4.17. The summed E-state index contributed by atoms with van der Waals surface area (Å²) < 4.78 is 25.0. The highest BCUT2D eigenvalue weighted by Gasteiger charge is 2.20. The Balaban J connectivity index is 2.66. The third kappa shape index (κ3) is 2.92. The number of benzene rings is 1. The predicted octanol–water partition coefficient (Wildman–Crippen LogP) is 1.79. The second-order valence-electron chi connectivity index (χ2n) is 3.78. The Morgan fingerprint density at radius 2 is 2.11 bits per heavy atom. The molecule has 0 N–H and O–H groups in total. The lowest BCUT2D eigenvalue weighted by Crippen LogP contribution is -2.04. The molecular formula is C10H8IN3O4S. The lowest BCUT2D eigenvalue weighted by atomic mass is 10.2. The molecule has 2 rings (SSSR count). The van der Waals surface area contributed by atoms with Crippen LogP contribution >= 0.6 is 22.6 Å². The summed E-state index contributed by atoms with van der Waals surface area (Å²) in [6, 6.07) is 3.74. The molecule has 0 fully saturated rings. The highest BCUT2D eigenvalue weighted by molar-refractivity contribution is 14.1. The van der Waals surface area contributed by atoms with Crippen molar-refractivity contribution in [3.63, 3.8) is 0 Å². The van der Waals surface area contributed by atoms with Gasteiger partial charge in [0, 0.05) is 18.5 Å². The van der Waals surface area contributed by atoms with Gasteiger partial charge in [-0.2, -0.15) is 5.10 Å². The van der Waals surface area contributed by atoms with E-state index in [2.05, 4.69) is 5.10 Å².